The Kier molecular flexibility index (Phi) is 7.54. The zero-order valence-electron chi connectivity index (χ0n) is 19.2. The molecule has 35 heavy (non-hydrogen) atoms. The minimum absolute atomic E-state index is 0.182. The predicted molar refractivity (Wildman–Crippen MR) is 142 cm³/mol. The normalized spacial score (nSPS) is 18.6. The van der Waals surface area contributed by atoms with Crippen LogP contribution in [0.25, 0.3) is 10.2 Å². The van der Waals surface area contributed by atoms with Gasteiger partial charge in [0.05, 0.1) is 38.4 Å². The maximum Gasteiger partial charge on any atom is 0.415 e. The summed E-state index contributed by atoms with van der Waals surface area (Å²) in [5, 5.41) is 13.9. The fraction of sp³-hybridized carbons (Fsp3) is 0.391. The van der Waals surface area contributed by atoms with Crippen molar-refractivity contribution in [3.05, 3.63) is 65.2 Å². The molecule has 12 heteroatoms. The van der Waals surface area contributed by atoms with Crippen molar-refractivity contribution in [1.82, 2.24) is 4.98 Å². The molecule has 1 amide bonds. The molecule has 3 aromatic rings. The van der Waals surface area contributed by atoms with Gasteiger partial charge in [-0.3, -0.25) is 15.0 Å². The lowest BCUT2D eigenvalue weighted by Crippen LogP contribution is -2.36. The lowest BCUT2D eigenvalue weighted by Gasteiger charge is -2.27. The first-order chi connectivity index (χ1) is 16.4. The van der Waals surface area contributed by atoms with Gasteiger partial charge in [-0.1, -0.05) is 24.2 Å². The molecule has 0 N–H and O–H groups in total. The van der Waals surface area contributed by atoms with E-state index in [0.717, 1.165) is 4.88 Å². The van der Waals surface area contributed by atoms with Crippen LogP contribution in [0.1, 0.15) is 43.1 Å². The molecule has 0 aliphatic carbocycles. The molecular weight excluding hydrogens is 578 g/mol. The van der Waals surface area contributed by atoms with Crippen LogP contribution in [-0.4, -0.2) is 34.3 Å². The van der Waals surface area contributed by atoms with Gasteiger partial charge in [0.2, 0.25) is 6.04 Å². The zero-order valence-corrected chi connectivity index (χ0v) is 23.2. The second-order valence-electron chi connectivity index (χ2n) is 9.11. The highest BCUT2D eigenvalue weighted by molar-refractivity contribution is 9.10. The minimum atomic E-state index is -0.979. The van der Waals surface area contributed by atoms with Gasteiger partial charge in [-0.05, 0) is 53.7 Å². The Bertz CT molecular complexity index is 1290. The number of anilines is 1. The molecule has 4 heterocycles. The van der Waals surface area contributed by atoms with Gasteiger partial charge in [-0.2, -0.15) is 0 Å². The van der Waals surface area contributed by atoms with E-state index in [2.05, 4.69) is 27.5 Å². The topological polar surface area (TPSA) is 94.8 Å². The Morgan fingerprint density at radius 2 is 2.23 bits per heavy atom. The monoisotopic (exact) mass is 599 g/mol. The van der Waals surface area contributed by atoms with E-state index in [4.69, 9.17) is 21.1 Å². The molecule has 0 saturated carbocycles. The summed E-state index contributed by atoms with van der Waals surface area (Å²) in [5.74, 6) is 0. The molecule has 1 aliphatic rings. The molecule has 1 aliphatic heterocycles. The number of aromatic nitrogens is 1. The average Bonchev–Trinajstić information content (AvgIpc) is 3.38. The van der Waals surface area contributed by atoms with Crippen LogP contribution < -0.4 is 4.90 Å². The number of hydrogen-bond donors (Lipinski definition) is 0. The zero-order chi connectivity index (χ0) is 25.5. The standard InChI is InChI=1S/C23H23BrClN3O5S2/c1-12-8-14(28(30)31)19(32-11-12)21-17(24)18-20(35-21)15(9-16(25)26-18)27(10-13-6-5-7-34-13)22(29)33-23(2,3)4/h5-7,9,14,19H,1,8,10-11H2,2-4H3. The first kappa shape index (κ1) is 26.0. The van der Waals surface area contributed by atoms with Gasteiger partial charge in [0.25, 0.3) is 0 Å². The van der Waals surface area contributed by atoms with Crippen molar-refractivity contribution < 1.29 is 19.2 Å². The van der Waals surface area contributed by atoms with Gasteiger partial charge in [-0.25, -0.2) is 9.78 Å². The van der Waals surface area contributed by atoms with Crippen LogP contribution in [0.4, 0.5) is 10.5 Å². The van der Waals surface area contributed by atoms with E-state index < -0.39 is 23.8 Å². The molecule has 1 saturated heterocycles. The molecule has 2 atom stereocenters. The van der Waals surface area contributed by atoms with Gasteiger partial charge < -0.3 is 9.47 Å². The van der Waals surface area contributed by atoms with Crippen LogP contribution in [0.15, 0.2) is 40.2 Å². The molecule has 4 rings (SSSR count). The van der Waals surface area contributed by atoms with Gasteiger partial charge in [-0.15, -0.1) is 22.7 Å². The number of thiophene rings is 2. The number of ether oxygens (including phenoxy) is 2. The number of carbonyl (C=O) groups is 1. The molecule has 1 fully saturated rings. The third-order valence-electron chi connectivity index (χ3n) is 5.20. The van der Waals surface area contributed by atoms with Gasteiger partial charge in [0, 0.05) is 22.3 Å². The number of rotatable bonds is 5. The third-order valence-corrected chi connectivity index (χ3v) is 8.58. The number of nitro groups is 1. The Morgan fingerprint density at radius 1 is 1.49 bits per heavy atom. The lowest BCUT2D eigenvalue weighted by molar-refractivity contribution is -0.539. The number of amides is 1. The van der Waals surface area contributed by atoms with Gasteiger partial charge in [0.15, 0.2) is 6.10 Å². The van der Waals surface area contributed by atoms with Crippen LogP contribution in [-0.2, 0) is 16.0 Å². The molecule has 0 radical (unpaired) electrons. The first-order valence-corrected chi connectivity index (χ1v) is 13.5. The molecule has 186 valence electrons. The number of nitrogens with zero attached hydrogens (tertiary/aromatic N) is 3. The van der Waals surface area contributed by atoms with Crippen LogP contribution in [0, 0.1) is 10.1 Å². The Labute approximate surface area is 223 Å². The largest absolute Gasteiger partial charge is 0.443 e. The molecule has 8 nitrogen and oxygen atoms in total. The van der Waals surface area contributed by atoms with Crippen LogP contribution in [0.5, 0.6) is 0 Å². The van der Waals surface area contributed by atoms with Crippen molar-refractivity contribution in [2.24, 2.45) is 0 Å². The minimum Gasteiger partial charge on any atom is -0.443 e. The summed E-state index contributed by atoms with van der Waals surface area (Å²) in [6, 6.07) is 4.48. The summed E-state index contributed by atoms with van der Waals surface area (Å²) in [7, 11) is 0. The SMILES string of the molecule is C=C1COC(c2sc3c(N(Cc4cccs4)C(=O)OC(C)(C)C)cc(Cl)nc3c2Br)C([N+](=O)[O-])C1. The number of pyridine rings is 1. The van der Waals surface area contributed by atoms with Crippen molar-refractivity contribution in [1.29, 1.82) is 0 Å². The van der Waals surface area contributed by atoms with Crippen molar-refractivity contribution in [2.75, 3.05) is 11.5 Å². The smallest absolute Gasteiger partial charge is 0.415 e. The summed E-state index contributed by atoms with van der Waals surface area (Å²) in [4.78, 5) is 32.3. The predicted octanol–water partition coefficient (Wildman–Crippen LogP) is 7.38. The van der Waals surface area contributed by atoms with E-state index >= 15 is 0 Å². The van der Waals surface area contributed by atoms with E-state index in [1.807, 2.05) is 17.5 Å². The van der Waals surface area contributed by atoms with Crippen LogP contribution in [0.3, 0.4) is 0 Å². The number of halogens is 2. The highest BCUT2D eigenvalue weighted by Gasteiger charge is 2.41. The molecule has 2 unspecified atom stereocenters. The van der Waals surface area contributed by atoms with E-state index in [1.165, 1.54) is 27.6 Å². The first-order valence-electron chi connectivity index (χ1n) is 10.7. The van der Waals surface area contributed by atoms with Crippen molar-refractivity contribution in [3.8, 4) is 0 Å². The Morgan fingerprint density at radius 3 is 2.86 bits per heavy atom. The Hall–Kier alpha value is -2.05. The molecule has 0 bridgehead atoms. The Balaban J connectivity index is 1.85. The molecule has 0 spiro atoms. The average molecular weight is 601 g/mol. The maximum atomic E-state index is 13.3. The number of carbonyl (C=O) groups excluding carboxylic acids is 1. The van der Waals surface area contributed by atoms with Crippen molar-refractivity contribution in [3.63, 3.8) is 0 Å². The van der Waals surface area contributed by atoms with Gasteiger partial charge >= 0.3 is 6.09 Å². The molecule has 3 aromatic heterocycles. The third kappa shape index (κ3) is 5.69. The van der Waals surface area contributed by atoms with Crippen LogP contribution >= 0.6 is 50.2 Å². The molecule has 0 aromatic carbocycles. The summed E-state index contributed by atoms with van der Waals surface area (Å²) in [6.45, 7) is 9.75. The maximum absolute atomic E-state index is 13.3. The van der Waals surface area contributed by atoms with E-state index in [9.17, 15) is 14.9 Å². The summed E-state index contributed by atoms with van der Waals surface area (Å²) in [5.41, 5.74) is 0.980. The van der Waals surface area contributed by atoms with Crippen molar-refractivity contribution >= 4 is 72.2 Å². The second-order valence-corrected chi connectivity index (χ2v) is 12.4. The quantitative estimate of drug-likeness (QED) is 0.131. The van der Waals surface area contributed by atoms with E-state index in [0.29, 0.717) is 30.8 Å². The highest BCUT2D eigenvalue weighted by Crippen LogP contribution is 2.47. The second kappa shape index (κ2) is 10.1. The fourth-order valence-corrected chi connectivity index (χ4v) is 6.77. The highest BCUT2D eigenvalue weighted by atomic mass is 79.9. The number of fused-ring (bicyclic) bond motifs is 1. The van der Waals surface area contributed by atoms with Crippen LogP contribution in [0.2, 0.25) is 5.15 Å². The van der Waals surface area contributed by atoms with Crippen molar-refractivity contribution in [2.45, 2.75) is 51.5 Å². The van der Waals surface area contributed by atoms with E-state index in [1.54, 1.807) is 26.8 Å². The lowest BCUT2D eigenvalue weighted by atomic mass is 9.99. The summed E-state index contributed by atoms with van der Waals surface area (Å²) >= 11 is 12.8. The summed E-state index contributed by atoms with van der Waals surface area (Å²) in [6.07, 6.45) is -1.10. The molecular formula is C23H23BrClN3O5S2. The fourth-order valence-electron chi connectivity index (χ4n) is 3.73. The van der Waals surface area contributed by atoms with E-state index in [-0.39, 0.29) is 29.6 Å². The summed E-state index contributed by atoms with van der Waals surface area (Å²) < 4.78 is 12.8. The van der Waals surface area contributed by atoms with Gasteiger partial charge in [0.1, 0.15) is 10.8 Å². The number of hydrogen-bond acceptors (Lipinski definition) is 8.